The molecule has 1 rings (SSSR count). The van der Waals surface area contributed by atoms with E-state index in [9.17, 15) is 0 Å². The molecule has 0 aliphatic heterocycles. The molecule has 0 spiro atoms. The van der Waals surface area contributed by atoms with Gasteiger partial charge >= 0.3 is 0 Å². The average molecular weight is 207 g/mol. The van der Waals surface area contributed by atoms with E-state index in [0.717, 1.165) is 23.6 Å². The smallest absolute Gasteiger partial charge is 0.128 e. The Hall–Kier alpha value is -1.09. The SMILES string of the molecule is CCCCN(C)c1cc(CN)cc(C)n1. The van der Waals surface area contributed by atoms with E-state index in [2.05, 4.69) is 29.9 Å². The van der Waals surface area contributed by atoms with Gasteiger partial charge in [0, 0.05) is 25.8 Å². The van der Waals surface area contributed by atoms with Crippen LogP contribution in [0.5, 0.6) is 0 Å². The molecule has 0 unspecified atom stereocenters. The molecule has 84 valence electrons. The lowest BCUT2D eigenvalue weighted by molar-refractivity contribution is 0.757. The van der Waals surface area contributed by atoms with Gasteiger partial charge in [0.15, 0.2) is 0 Å². The number of rotatable bonds is 5. The zero-order chi connectivity index (χ0) is 11.3. The maximum absolute atomic E-state index is 5.64. The van der Waals surface area contributed by atoms with E-state index in [-0.39, 0.29) is 0 Å². The third-order valence-electron chi connectivity index (χ3n) is 2.47. The minimum absolute atomic E-state index is 0.581. The van der Waals surface area contributed by atoms with Gasteiger partial charge in [0.05, 0.1) is 0 Å². The van der Waals surface area contributed by atoms with Crippen LogP contribution in [0, 0.1) is 6.92 Å². The van der Waals surface area contributed by atoms with E-state index in [1.54, 1.807) is 0 Å². The van der Waals surface area contributed by atoms with Gasteiger partial charge < -0.3 is 10.6 Å². The first-order chi connectivity index (χ1) is 7.17. The lowest BCUT2D eigenvalue weighted by Gasteiger charge is -2.19. The average Bonchev–Trinajstić information content (AvgIpc) is 2.24. The van der Waals surface area contributed by atoms with Crippen molar-refractivity contribution in [2.24, 2.45) is 5.73 Å². The molecular weight excluding hydrogens is 186 g/mol. The second-order valence-electron chi connectivity index (χ2n) is 3.95. The van der Waals surface area contributed by atoms with Crippen molar-refractivity contribution in [2.45, 2.75) is 33.2 Å². The fraction of sp³-hybridized carbons (Fsp3) is 0.583. The summed E-state index contributed by atoms with van der Waals surface area (Å²) in [6, 6.07) is 4.11. The van der Waals surface area contributed by atoms with Gasteiger partial charge in [0.1, 0.15) is 5.82 Å². The Labute approximate surface area is 92.3 Å². The Balaban J connectivity index is 2.78. The van der Waals surface area contributed by atoms with Crippen molar-refractivity contribution in [2.75, 3.05) is 18.5 Å². The Kier molecular flexibility index (Phi) is 4.56. The molecule has 1 aromatic rings. The van der Waals surface area contributed by atoms with Crippen LogP contribution in [-0.4, -0.2) is 18.6 Å². The molecule has 0 aromatic carbocycles. The lowest BCUT2D eigenvalue weighted by atomic mass is 10.2. The van der Waals surface area contributed by atoms with Gasteiger partial charge in [-0.25, -0.2) is 4.98 Å². The summed E-state index contributed by atoms with van der Waals surface area (Å²) in [5, 5.41) is 0. The highest BCUT2D eigenvalue weighted by Gasteiger charge is 2.03. The van der Waals surface area contributed by atoms with E-state index < -0.39 is 0 Å². The zero-order valence-corrected chi connectivity index (χ0v) is 9.95. The van der Waals surface area contributed by atoms with Crippen LogP contribution in [0.4, 0.5) is 5.82 Å². The summed E-state index contributed by atoms with van der Waals surface area (Å²) in [7, 11) is 2.08. The molecule has 0 aliphatic rings. The fourth-order valence-corrected chi connectivity index (χ4v) is 1.54. The van der Waals surface area contributed by atoms with Crippen LogP contribution < -0.4 is 10.6 Å². The predicted octanol–water partition coefficient (Wildman–Crippen LogP) is 2.09. The molecule has 0 amide bonds. The van der Waals surface area contributed by atoms with Gasteiger partial charge in [0.25, 0.3) is 0 Å². The van der Waals surface area contributed by atoms with Crippen LogP contribution in [0.1, 0.15) is 31.0 Å². The summed E-state index contributed by atoms with van der Waals surface area (Å²) >= 11 is 0. The molecule has 1 aromatic heterocycles. The maximum atomic E-state index is 5.64. The first-order valence-corrected chi connectivity index (χ1v) is 5.56. The van der Waals surface area contributed by atoms with Crippen molar-refractivity contribution >= 4 is 5.82 Å². The Morgan fingerprint density at radius 1 is 1.40 bits per heavy atom. The van der Waals surface area contributed by atoms with Crippen molar-refractivity contribution in [1.82, 2.24) is 4.98 Å². The highest BCUT2D eigenvalue weighted by atomic mass is 15.2. The van der Waals surface area contributed by atoms with Gasteiger partial charge in [-0.1, -0.05) is 13.3 Å². The maximum Gasteiger partial charge on any atom is 0.128 e. The molecule has 2 N–H and O–H groups in total. The number of hydrogen-bond acceptors (Lipinski definition) is 3. The topological polar surface area (TPSA) is 42.1 Å². The van der Waals surface area contributed by atoms with Crippen molar-refractivity contribution in [3.63, 3.8) is 0 Å². The summed E-state index contributed by atoms with van der Waals surface area (Å²) in [6.45, 7) is 5.84. The van der Waals surface area contributed by atoms with Gasteiger partial charge in [-0.05, 0) is 31.0 Å². The molecule has 0 saturated carbocycles. The van der Waals surface area contributed by atoms with E-state index in [1.807, 2.05) is 13.0 Å². The van der Waals surface area contributed by atoms with Crippen molar-refractivity contribution in [1.29, 1.82) is 0 Å². The molecular formula is C12H21N3. The lowest BCUT2D eigenvalue weighted by Crippen LogP contribution is -2.20. The number of hydrogen-bond donors (Lipinski definition) is 1. The third kappa shape index (κ3) is 3.51. The molecule has 0 fully saturated rings. The van der Waals surface area contributed by atoms with Crippen LogP contribution in [0.3, 0.4) is 0 Å². The van der Waals surface area contributed by atoms with Gasteiger partial charge in [-0.2, -0.15) is 0 Å². The Morgan fingerprint density at radius 2 is 2.13 bits per heavy atom. The summed E-state index contributed by atoms with van der Waals surface area (Å²) in [6.07, 6.45) is 2.41. The Morgan fingerprint density at radius 3 is 2.73 bits per heavy atom. The minimum atomic E-state index is 0.581. The first-order valence-electron chi connectivity index (χ1n) is 5.56. The minimum Gasteiger partial charge on any atom is -0.360 e. The highest BCUT2D eigenvalue weighted by molar-refractivity contribution is 5.41. The van der Waals surface area contributed by atoms with Gasteiger partial charge in [-0.3, -0.25) is 0 Å². The number of anilines is 1. The predicted molar refractivity (Wildman–Crippen MR) is 65.0 cm³/mol. The number of nitrogens with two attached hydrogens (primary N) is 1. The van der Waals surface area contributed by atoms with Gasteiger partial charge in [0.2, 0.25) is 0 Å². The molecule has 0 atom stereocenters. The third-order valence-corrected chi connectivity index (χ3v) is 2.47. The summed E-state index contributed by atoms with van der Waals surface area (Å²) in [5.74, 6) is 1.03. The van der Waals surface area contributed by atoms with Crippen LogP contribution in [0.2, 0.25) is 0 Å². The van der Waals surface area contributed by atoms with E-state index in [0.29, 0.717) is 6.54 Å². The molecule has 3 nitrogen and oxygen atoms in total. The van der Waals surface area contributed by atoms with Gasteiger partial charge in [-0.15, -0.1) is 0 Å². The van der Waals surface area contributed by atoms with Crippen LogP contribution in [-0.2, 0) is 6.54 Å². The van der Waals surface area contributed by atoms with Crippen molar-refractivity contribution in [3.8, 4) is 0 Å². The van der Waals surface area contributed by atoms with Crippen molar-refractivity contribution in [3.05, 3.63) is 23.4 Å². The quantitative estimate of drug-likeness (QED) is 0.804. The second-order valence-corrected chi connectivity index (χ2v) is 3.95. The van der Waals surface area contributed by atoms with E-state index >= 15 is 0 Å². The summed E-state index contributed by atoms with van der Waals surface area (Å²) in [4.78, 5) is 6.70. The number of aryl methyl sites for hydroxylation is 1. The van der Waals surface area contributed by atoms with Crippen LogP contribution >= 0.6 is 0 Å². The monoisotopic (exact) mass is 207 g/mol. The van der Waals surface area contributed by atoms with E-state index in [1.165, 1.54) is 12.8 Å². The highest BCUT2D eigenvalue weighted by Crippen LogP contribution is 2.13. The first kappa shape index (κ1) is 12.0. The standard InChI is InChI=1S/C12H21N3/c1-4-5-6-15(3)12-8-11(9-13)7-10(2)14-12/h7-8H,4-6,9,13H2,1-3H3. The molecule has 1 heterocycles. The van der Waals surface area contributed by atoms with Crippen molar-refractivity contribution < 1.29 is 0 Å². The van der Waals surface area contributed by atoms with Crippen LogP contribution in [0.25, 0.3) is 0 Å². The molecule has 0 bridgehead atoms. The summed E-state index contributed by atoms with van der Waals surface area (Å²) < 4.78 is 0. The van der Waals surface area contributed by atoms with Crippen LogP contribution in [0.15, 0.2) is 12.1 Å². The molecule has 0 radical (unpaired) electrons. The normalized spacial score (nSPS) is 10.4. The fourth-order valence-electron chi connectivity index (χ4n) is 1.54. The number of nitrogens with zero attached hydrogens (tertiary/aromatic N) is 2. The molecule has 0 aliphatic carbocycles. The second kappa shape index (κ2) is 5.71. The Bertz CT molecular complexity index is 310. The number of unbranched alkanes of at least 4 members (excludes halogenated alkanes) is 1. The number of pyridine rings is 1. The largest absolute Gasteiger partial charge is 0.360 e. The van der Waals surface area contributed by atoms with E-state index in [4.69, 9.17) is 5.73 Å². The molecule has 0 saturated heterocycles. The zero-order valence-electron chi connectivity index (χ0n) is 9.95. The summed E-state index contributed by atoms with van der Waals surface area (Å²) in [5.41, 5.74) is 7.83. The molecule has 15 heavy (non-hydrogen) atoms. The number of aromatic nitrogens is 1. The molecule has 3 heteroatoms.